The van der Waals surface area contributed by atoms with Crippen LogP contribution in [0.25, 0.3) is 0 Å². The Labute approximate surface area is 129 Å². The highest BCUT2D eigenvalue weighted by molar-refractivity contribution is 7.11. The Morgan fingerprint density at radius 1 is 1.33 bits per heavy atom. The summed E-state index contributed by atoms with van der Waals surface area (Å²) in [5.41, 5.74) is 8.04. The molecule has 0 aliphatic rings. The lowest BCUT2D eigenvalue weighted by atomic mass is 10.1. The van der Waals surface area contributed by atoms with Crippen molar-refractivity contribution in [1.29, 1.82) is 0 Å². The molecular weight excluding hydrogens is 282 g/mol. The Morgan fingerprint density at radius 2 is 2.00 bits per heavy atom. The van der Waals surface area contributed by atoms with Crippen molar-refractivity contribution < 1.29 is 4.79 Å². The molecule has 2 rings (SSSR count). The molecule has 0 aliphatic heterocycles. The van der Waals surface area contributed by atoms with Gasteiger partial charge in [0.2, 0.25) is 5.91 Å². The Bertz CT molecular complexity index is 609. The van der Waals surface area contributed by atoms with Crippen LogP contribution in [0.15, 0.2) is 30.3 Å². The lowest BCUT2D eigenvalue weighted by molar-refractivity contribution is -0.122. The third-order valence-corrected chi connectivity index (χ3v) is 4.58. The molecule has 3 N–H and O–H groups in total. The molecule has 1 amide bonds. The molecule has 4 nitrogen and oxygen atoms in total. The van der Waals surface area contributed by atoms with Gasteiger partial charge in [0, 0.05) is 4.88 Å². The Balaban J connectivity index is 1.96. The second-order valence-corrected chi connectivity index (χ2v) is 6.44. The monoisotopic (exact) mass is 303 g/mol. The molecule has 5 heteroatoms. The highest BCUT2D eigenvalue weighted by Crippen LogP contribution is 2.24. The molecule has 2 atom stereocenters. The summed E-state index contributed by atoms with van der Waals surface area (Å²) >= 11 is 1.61. The zero-order valence-electron chi connectivity index (χ0n) is 12.6. The number of aryl methyl sites for hydroxylation is 2. The molecule has 1 aromatic heterocycles. The van der Waals surface area contributed by atoms with Crippen molar-refractivity contribution in [3.8, 4) is 0 Å². The van der Waals surface area contributed by atoms with E-state index in [2.05, 4.69) is 10.3 Å². The van der Waals surface area contributed by atoms with Gasteiger partial charge in [-0.2, -0.15) is 0 Å². The van der Waals surface area contributed by atoms with Crippen molar-refractivity contribution in [3.05, 3.63) is 51.5 Å². The molecule has 0 radical (unpaired) electrons. The van der Waals surface area contributed by atoms with Gasteiger partial charge in [-0.25, -0.2) is 4.98 Å². The number of nitrogens with zero attached hydrogens (tertiary/aromatic N) is 1. The van der Waals surface area contributed by atoms with E-state index < -0.39 is 6.04 Å². The Hall–Kier alpha value is -1.72. The minimum atomic E-state index is -0.538. The third kappa shape index (κ3) is 4.12. The molecule has 21 heavy (non-hydrogen) atoms. The van der Waals surface area contributed by atoms with E-state index in [1.807, 2.05) is 51.1 Å². The first-order valence-electron chi connectivity index (χ1n) is 7.01. The molecule has 1 heterocycles. The maximum atomic E-state index is 12.2. The molecule has 2 unspecified atom stereocenters. The van der Waals surface area contributed by atoms with Crippen LogP contribution < -0.4 is 11.1 Å². The third-order valence-electron chi connectivity index (χ3n) is 3.33. The first-order chi connectivity index (χ1) is 9.97. The average molecular weight is 303 g/mol. The number of rotatable bonds is 5. The van der Waals surface area contributed by atoms with Crippen LogP contribution in [-0.2, 0) is 11.2 Å². The summed E-state index contributed by atoms with van der Waals surface area (Å²) in [6.07, 6.45) is 0.542. The van der Waals surface area contributed by atoms with Crippen LogP contribution in [0.4, 0.5) is 0 Å². The summed E-state index contributed by atoms with van der Waals surface area (Å²) in [6, 6.07) is 9.21. The van der Waals surface area contributed by atoms with Crippen LogP contribution in [-0.4, -0.2) is 16.9 Å². The SMILES string of the molecule is Cc1nc(C)c(C(C)NC(=O)C(N)Cc2ccccc2)s1. The predicted molar refractivity (Wildman–Crippen MR) is 86.3 cm³/mol. The summed E-state index contributed by atoms with van der Waals surface area (Å²) in [4.78, 5) is 17.7. The van der Waals surface area contributed by atoms with Gasteiger partial charge < -0.3 is 11.1 Å². The molecule has 0 saturated heterocycles. The zero-order chi connectivity index (χ0) is 15.4. The minimum Gasteiger partial charge on any atom is -0.347 e. The van der Waals surface area contributed by atoms with Gasteiger partial charge in [0.1, 0.15) is 0 Å². The number of nitrogens with one attached hydrogen (secondary N) is 1. The second kappa shape index (κ2) is 6.83. The fraction of sp³-hybridized carbons (Fsp3) is 0.375. The molecule has 0 saturated carbocycles. The van der Waals surface area contributed by atoms with E-state index in [0.717, 1.165) is 21.1 Å². The van der Waals surface area contributed by atoms with E-state index in [4.69, 9.17) is 5.73 Å². The molecule has 0 bridgehead atoms. The normalized spacial score (nSPS) is 13.7. The van der Waals surface area contributed by atoms with E-state index in [0.29, 0.717) is 6.42 Å². The predicted octanol–water partition coefficient (Wildman–Crippen LogP) is 2.51. The maximum absolute atomic E-state index is 12.2. The van der Waals surface area contributed by atoms with Gasteiger partial charge in [-0.1, -0.05) is 30.3 Å². The molecule has 2 aromatic rings. The Morgan fingerprint density at radius 3 is 2.57 bits per heavy atom. The number of aromatic nitrogens is 1. The first-order valence-corrected chi connectivity index (χ1v) is 7.83. The number of nitrogens with two attached hydrogens (primary N) is 1. The summed E-state index contributed by atoms with van der Waals surface area (Å²) in [5, 5.41) is 3.99. The van der Waals surface area contributed by atoms with Crippen LogP contribution in [0.3, 0.4) is 0 Å². The molecule has 112 valence electrons. The number of carbonyl (C=O) groups is 1. The lowest BCUT2D eigenvalue weighted by Crippen LogP contribution is -2.42. The molecule has 0 fully saturated rings. The van der Waals surface area contributed by atoms with Crippen molar-refractivity contribution in [2.24, 2.45) is 5.73 Å². The van der Waals surface area contributed by atoms with Crippen molar-refractivity contribution in [2.45, 2.75) is 39.3 Å². The first kappa shape index (κ1) is 15.7. The van der Waals surface area contributed by atoms with Gasteiger partial charge >= 0.3 is 0 Å². The molecule has 1 aromatic carbocycles. The van der Waals surface area contributed by atoms with Gasteiger partial charge in [-0.05, 0) is 32.8 Å². The van der Waals surface area contributed by atoms with Crippen LogP contribution in [0.5, 0.6) is 0 Å². The van der Waals surface area contributed by atoms with Crippen molar-refractivity contribution >= 4 is 17.2 Å². The van der Waals surface area contributed by atoms with E-state index in [1.54, 1.807) is 11.3 Å². The van der Waals surface area contributed by atoms with E-state index in [-0.39, 0.29) is 11.9 Å². The van der Waals surface area contributed by atoms with Crippen LogP contribution in [0.1, 0.15) is 34.1 Å². The molecular formula is C16H21N3OS. The van der Waals surface area contributed by atoms with Gasteiger partial charge in [0.15, 0.2) is 0 Å². The van der Waals surface area contributed by atoms with Gasteiger partial charge in [-0.15, -0.1) is 11.3 Å². The number of hydrogen-bond donors (Lipinski definition) is 2. The smallest absolute Gasteiger partial charge is 0.237 e. The number of hydrogen-bond acceptors (Lipinski definition) is 4. The number of thiazole rings is 1. The highest BCUT2D eigenvalue weighted by Gasteiger charge is 2.19. The zero-order valence-corrected chi connectivity index (χ0v) is 13.4. The summed E-state index contributed by atoms with van der Waals surface area (Å²) in [5.74, 6) is -0.128. The van der Waals surface area contributed by atoms with E-state index >= 15 is 0 Å². The minimum absolute atomic E-state index is 0.0643. The van der Waals surface area contributed by atoms with E-state index in [9.17, 15) is 4.79 Å². The van der Waals surface area contributed by atoms with Crippen molar-refractivity contribution in [1.82, 2.24) is 10.3 Å². The lowest BCUT2D eigenvalue weighted by Gasteiger charge is -2.17. The summed E-state index contributed by atoms with van der Waals surface area (Å²) in [7, 11) is 0. The van der Waals surface area contributed by atoms with Crippen LogP contribution in [0.2, 0.25) is 0 Å². The standard InChI is InChI=1S/C16H21N3OS/c1-10-15(21-12(3)18-10)11(2)19-16(20)14(17)9-13-7-5-4-6-8-13/h4-8,11,14H,9,17H2,1-3H3,(H,19,20). The highest BCUT2D eigenvalue weighted by atomic mass is 32.1. The average Bonchev–Trinajstić information content (AvgIpc) is 2.78. The molecule has 0 spiro atoms. The number of amides is 1. The van der Waals surface area contributed by atoms with Crippen LogP contribution >= 0.6 is 11.3 Å². The van der Waals surface area contributed by atoms with Crippen molar-refractivity contribution in [3.63, 3.8) is 0 Å². The summed E-state index contributed by atoms with van der Waals surface area (Å²) in [6.45, 7) is 5.90. The van der Waals surface area contributed by atoms with Gasteiger partial charge in [0.25, 0.3) is 0 Å². The largest absolute Gasteiger partial charge is 0.347 e. The van der Waals surface area contributed by atoms with Crippen LogP contribution in [0, 0.1) is 13.8 Å². The number of carbonyl (C=O) groups excluding carboxylic acids is 1. The summed E-state index contributed by atoms with van der Waals surface area (Å²) < 4.78 is 0. The topological polar surface area (TPSA) is 68.0 Å². The fourth-order valence-electron chi connectivity index (χ4n) is 2.30. The van der Waals surface area contributed by atoms with Gasteiger partial charge in [-0.3, -0.25) is 4.79 Å². The van der Waals surface area contributed by atoms with Gasteiger partial charge in [0.05, 0.1) is 22.8 Å². The fourth-order valence-corrected chi connectivity index (χ4v) is 3.23. The van der Waals surface area contributed by atoms with E-state index in [1.165, 1.54) is 0 Å². The maximum Gasteiger partial charge on any atom is 0.237 e. The number of benzene rings is 1. The Kier molecular flexibility index (Phi) is 5.09. The quantitative estimate of drug-likeness (QED) is 0.892. The second-order valence-electron chi connectivity index (χ2n) is 5.21. The molecule has 0 aliphatic carbocycles. The van der Waals surface area contributed by atoms with Crippen molar-refractivity contribution in [2.75, 3.05) is 0 Å².